The van der Waals surface area contributed by atoms with Gasteiger partial charge in [0.25, 0.3) is 0 Å². The number of thiophene rings is 1. The molecule has 0 aliphatic rings. The first-order chi connectivity index (χ1) is 12.5. The molecule has 0 aliphatic heterocycles. The molecule has 1 N–H and O–H groups in total. The van der Waals surface area contributed by atoms with Crippen molar-refractivity contribution in [1.29, 1.82) is 0 Å². The first kappa shape index (κ1) is 18.9. The van der Waals surface area contributed by atoms with Gasteiger partial charge in [-0.1, -0.05) is 42.1 Å². The lowest BCUT2D eigenvalue weighted by Crippen LogP contribution is -2.34. The minimum Gasteiger partial charge on any atom is -0.353 e. The highest BCUT2D eigenvalue weighted by molar-refractivity contribution is 8.00. The minimum atomic E-state index is 0.0481. The summed E-state index contributed by atoms with van der Waals surface area (Å²) in [6, 6.07) is 10.5. The van der Waals surface area contributed by atoms with Crippen LogP contribution in [0.4, 0.5) is 0 Å². The summed E-state index contributed by atoms with van der Waals surface area (Å²) in [7, 11) is 0. The largest absolute Gasteiger partial charge is 0.353 e. The lowest BCUT2D eigenvalue weighted by atomic mass is 10.1. The summed E-state index contributed by atoms with van der Waals surface area (Å²) in [5, 5.41) is 5.07. The Kier molecular flexibility index (Phi) is 6.27. The molecule has 0 radical (unpaired) electrons. The van der Waals surface area contributed by atoms with Gasteiger partial charge in [0.15, 0.2) is 0 Å². The third kappa shape index (κ3) is 4.62. The van der Waals surface area contributed by atoms with Crippen LogP contribution in [0.15, 0.2) is 41.7 Å². The number of carbonyl (C=O) groups excluding carboxylic acids is 1. The molecule has 2 aromatic heterocycles. The third-order valence-corrected chi connectivity index (χ3v) is 6.49. The van der Waals surface area contributed by atoms with E-state index in [2.05, 4.69) is 48.2 Å². The molecule has 6 heteroatoms. The number of nitrogens with zero attached hydrogens (tertiary/aromatic N) is 2. The molecule has 26 heavy (non-hydrogen) atoms. The number of aromatic nitrogens is 2. The molecular weight excluding hydrogens is 362 g/mol. The van der Waals surface area contributed by atoms with Crippen LogP contribution >= 0.6 is 23.1 Å². The second kappa shape index (κ2) is 8.64. The average Bonchev–Trinajstić information content (AvgIpc) is 2.94. The Labute approximate surface area is 162 Å². The molecule has 0 saturated carbocycles. The molecule has 3 rings (SSSR count). The lowest BCUT2D eigenvalue weighted by Gasteiger charge is -2.13. The van der Waals surface area contributed by atoms with Crippen LogP contribution in [0, 0.1) is 13.8 Å². The van der Waals surface area contributed by atoms with Crippen LogP contribution in [0.2, 0.25) is 0 Å². The maximum absolute atomic E-state index is 12.3. The standard InChI is InChI=1S/C20H23N3OS2/c1-13(9-10-16-7-5-4-6-8-16)23-17(24)11-25-19-18-14(2)15(3)26-20(18)22-12-21-19/h4-8,12-13H,9-11H2,1-3H3,(H,23,24). The molecule has 1 aromatic carbocycles. The summed E-state index contributed by atoms with van der Waals surface area (Å²) in [6.07, 6.45) is 3.48. The van der Waals surface area contributed by atoms with Crippen LogP contribution in [-0.4, -0.2) is 27.7 Å². The van der Waals surface area contributed by atoms with Crippen molar-refractivity contribution in [2.45, 2.75) is 44.7 Å². The summed E-state index contributed by atoms with van der Waals surface area (Å²) >= 11 is 3.16. The Bertz CT molecular complexity index is 893. The molecule has 1 atom stereocenters. The van der Waals surface area contributed by atoms with E-state index in [-0.39, 0.29) is 11.9 Å². The zero-order valence-corrected chi connectivity index (χ0v) is 16.9. The van der Waals surface area contributed by atoms with E-state index in [4.69, 9.17) is 0 Å². The van der Waals surface area contributed by atoms with E-state index in [1.54, 1.807) is 17.7 Å². The Morgan fingerprint density at radius 1 is 1.23 bits per heavy atom. The second-order valence-electron chi connectivity index (χ2n) is 6.42. The Morgan fingerprint density at radius 2 is 2.00 bits per heavy atom. The van der Waals surface area contributed by atoms with Crippen molar-refractivity contribution in [2.24, 2.45) is 0 Å². The van der Waals surface area contributed by atoms with Crippen molar-refractivity contribution < 1.29 is 4.79 Å². The van der Waals surface area contributed by atoms with Gasteiger partial charge in [-0.25, -0.2) is 9.97 Å². The fraction of sp³-hybridized carbons (Fsp3) is 0.350. The molecule has 4 nitrogen and oxygen atoms in total. The summed E-state index contributed by atoms with van der Waals surface area (Å²) in [5.41, 5.74) is 2.51. The molecule has 0 spiro atoms. The summed E-state index contributed by atoms with van der Waals surface area (Å²) in [5.74, 6) is 0.419. The molecule has 0 bridgehead atoms. The van der Waals surface area contributed by atoms with Crippen molar-refractivity contribution in [1.82, 2.24) is 15.3 Å². The summed E-state index contributed by atoms with van der Waals surface area (Å²) in [4.78, 5) is 23.3. The van der Waals surface area contributed by atoms with E-state index in [0.29, 0.717) is 5.75 Å². The first-order valence-electron chi connectivity index (χ1n) is 8.71. The van der Waals surface area contributed by atoms with Gasteiger partial charge in [-0.15, -0.1) is 11.3 Å². The van der Waals surface area contributed by atoms with E-state index >= 15 is 0 Å². The molecular formula is C20H23N3OS2. The van der Waals surface area contributed by atoms with E-state index < -0.39 is 0 Å². The van der Waals surface area contributed by atoms with Crippen LogP contribution < -0.4 is 5.32 Å². The van der Waals surface area contributed by atoms with Crippen molar-refractivity contribution in [3.8, 4) is 0 Å². The molecule has 1 unspecified atom stereocenters. The monoisotopic (exact) mass is 385 g/mol. The van der Waals surface area contributed by atoms with Crippen LogP contribution in [0.5, 0.6) is 0 Å². The number of aryl methyl sites for hydroxylation is 3. The topological polar surface area (TPSA) is 54.9 Å². The Morgan fingerprint density at radius 3 is 2.77 bits per heavy atom. The van der Waals surface area contributed by atoms with E-state index in [1.165, 1.54) is 27.8 Å². The van der Waals surface area contributed by atoms with Gasteiger partial charge in [0.2, 0.25) is 5.91 Å². The maximum atomic E-state index is 12.3. The van der Waals surface area contributed by atoms with Crippen LogP contribution in [0.1, 0.15) is 29.3 Å². The van der Waals surface area contributed by atoms with Gasteiger partial charge in [-0.05, 0) is 44.7 Å². The normalized spacial score (nSPS) is 12.3. The number of fused-ring (bicyclic) bond motifs is 1. The minimum absolute atomic E-state index is 0.0481. The molecule has 1 amide bonds. The highest BCUT2D eigenvalue weighted by Gasteiger charge is 2.14. The van der Waals surface area contributed by atoms with Gasteiger partial charge in [0.1, 0.15) is 16.2 Å². The lowest BCUT2D eigenvalue weighted by molar-refractivity contribution is -0.119. The van der Waals surface area contributed by atoms with Gasteiger partial charge in [0, 0.05) is 16.3 Å². The predicted octanol–water partition coefficient (Wildman–Crippen LogP) is 4.54. The van der Waals surface area contributed by atoms with Gasteiger partial charge in [-0.3, -0.25) is 4.79 Å². The van der Waals surface area contributed by atoms with E-state index in [9.17, 15) is 4.79 Å². The Hall–Kier alpha value is -1.92. The van der Waals surface area contributed by atoms with Gasteiger partial charge in [-0.2, -0.15) is 0 Å². The molecule has 0 saturated heterocycles. The smallest absolute Gasteiger partial charge is 0.230 e. The number of carbonyl (C=O) groups is 1. The number of thioether (sulfide) groups is 1. The van der Waals surface area contributed by atoms with Crippen LogP contribution in [-0.2, 0) is 11.2 Å². The number of hydrogen-bond acceptors (Lipinski definition) is 5. The molecule has 0 fully saturated rings. The van der Waals surface area contributed by atoms with Crippen LogP contribution in [0.3, 0.4) is 0 Å². The third-order valence-electron chi connectivity index (χ3n) is 4.39. The van der Waals surface area contributed by atoms with Crippen molar-refractivity contribution >= 4 is 39.2 Å². The van der Waals surface area contributed by atoms with Crippen LogP contribution in [0.25, 0.3) is 10.2 Å². The highest BCUT2D eigenvalue weighted by Crippen LogP contribution is 2.34. The van der Waals surface area contributed by atoms with E-state index in [0.717, 1.165) is 28.1 Å². The highest BCUT2D eigenvalue weighted by atomic mass is 32.2. The SMILES string of the molecule is Cc1sc2ncnc(SCC(=O)NC(C)CCc3ccccc3)c2c1C. The zero-order chi connectivity index (χ0) is 18.5. The van der Waals surface area contributed by atoms with Crippen molar-refractivity contribution in [3.63, 3.8) is 0 Å². The number of amides is 1. The van der Waals surface area contributed by atoms with Gasteiger partial charge >= 0.3 is 0 Å². The number of nitrogens with one attached hydrogen (secondary N) is 1. The Balaban J connectivity index is 1.53. The second-order valence-corrected chi connectivity index (χ2v) is 8.59. The van der Waals surface area contributed by atoms with Gasteiger partial charge in [0.05, 0.1) is 5.75 Å². The predicted molar refractivity (Wildman–Crippen MR) is 110 cm³/mol. The first-order valence-corrected chi connectivity index (χ1v) is 10.5. The van der Waals surface area contributed by atoms with Gasteiger partial charge < -0.3 is 5.32 Å². The average molecular weight is 386 g/mol. The summed E-state index contributed by atoms with van der Waals surface area (Å²) < 4.78 is 0. The van der Waals surface area contributed by atoms with E-state index in [1.807, 2.05) is 18.2 Å². The molecule has 2 heterocycles. The molecule has 136 valence electrons. The fourth-order valence-corrected chi connectivity index (χ4v) is 4.74. The quantitative estimate of drug-likeness (QED) is 0.479. The molecule has 0 aliphatic carbocycles. The van der Waals surface area contributed by atoms with Crippen molar-refractivity contribution in [3.05, 3.63) is 52.7 Å². The maximum Gasteiger partial charge on any atom is 0.230 e. The zero-order valence-electron chi connectivity index (χ0n) is 15.3. The summed E-state index contributed by atoms with van der Waals surface area (Å²) in [6.45, 7) is 6.24. The number of rotatable bonds is 7. The van der Waals surface area contributed by atoms with Crippen molar-refractivity contribution in [2.75, 3.05) is 5.75 Å². The fourth-order valence-electron chi connectivity index (χ4n) is 2.81. The molecule has 3 aromatic rings. The number of hydrogen-bond donors (Lipinski definition) is 1. The number of benzene rings is 1.